The molecule has 8 nitrogen and oxygen atoms in total. The second-order valence-corrected chi connectivity index (χ2v) is 7.73. The number of ether oxygens (including phenoxy) is 1. The van der Waals surface area contributed by atoms with Crippen molar-refractivity contribution in [2.24, 2.45) is 5.41 Å². The highest BCUT2D eigenvalue weighted by molar-refractivity contribution is 6.00. The summed E-state index contributed by atoms with van der Waals surface area (Å²) in [6.07, 6.45) is 0.994. The average Bonchev–Trinajstić information content (AvgIpc) is 3.02. The van der Waals surface area contributed by atoms with Crippen LogP contribution in [0.5, 0.6) is 5.75 Å². The normalized spacial score (nSPS) is 15.3. The lowest BCUT2D eigenvalue weighted by Gasteiger charge is -2.22. The topological polar surface area (TPSA) is 108 Å². The first-order valence-corrected chi connectivity index (χ1v) is 8.89. The third-order valence-electron chi connectivity index (χ3n) is 4.38. The first kappa shape index (κ1) is 20.5. The van der Waals surface area contributed by atoms with Crippen molar-refractivity contribution >= 4 is 23.6 Å². The molecule has 1 fully saturated rings. The van der Waals surface area contributed by atoms with Crippen molar-refractivity contribution in [3.05, 3.63) is 23.8 Å². The van der Waals surface area contributed by atoms with Gasteiger partial charge in [0, 0.05) is 18.7 Å². The summed E-state index contributed by atoms with van der Waals surface area (Å²) in [6, 6.07) is 3.45. The number of carboxylic acid groups (broad SMARTS) is 1. The fourth-order valence-corrected chi connectivity index (χ4v) is 2.82. The highest BCUT2D eigenvalue weighted by atomic mass is 16.5. The molecule has 1 unspecified atom stereocenters. The first-order chi connectivity index (χ1) is 12.6. The molecule has 0 radical (unpaired) electrons. The number of amides is 3. The number of anilines is 1. The Kier molecular flexibility index (Phi) is 6.30. The number of carbonyl (C=O) groups excluding carboxylic acids is 2. The number of aliphatic carboxylic acids is 1. The molecule has 3 N–H and O–H groups in total. The smallest absolute Gasteiger partial charge is 0.326 e. The zero-order valence-electron chi connectivity index (χ0n) is 16.2. The summed E-state index contributed by atoms with van der Waals surface area (Å²) >= 11 is 0. The Hall–Kier alpha value is -2.77. The maximum Gasteiger partial charge on any atom is 0.326 e. The molecule has 1 atom stereocenters. The first-order valence-electron chi connectivity index (χ1n) is 8.89. The van der Waals surface area contributed by atoms with Crippen LogP contribution in [0, 0.1) is 5.41 Å². The molecule has 1 saturated heterocycles. The molecule has 0 spiro atoms. The number of hydrogen-bond acceptors (Lipinski definition) is 4. The highest BCUT2D eigenvalue weighted by Gasteiger charge is 2.27. The van der Waals surface area contributed by atoms with Gasteiger partial charge >= 0.3 is 12.0 Å². The van der Waals surface area contributed by atoms with E-state index in [1.54, 1.807) is 18.2 Å². The summed E-state index contributed by atoms with van der Waals surface area (Å²) in [4.78, 5) is 37.5. The molecule has 0 saturated carbocycles. The van der Waals surface area contributed by atoms with Crippen LogP contribution < -0.4 is 20.3 Å². The van der Waals surface area contributed by atoms with Gasteiger partial charge in [0.25, 0.3) is 5.91 Å². The molecule has 1 heterocycles. The largest absolute Gasteiger partial charge is 0.495 e. The summed E-state index contributed by atoms with van der Waals surface area (Å²) < 4.78 is 5.29. The number of nitrogens with zero attached hydrogens (tertiary/aromatic N) is 1. The molecule has 1 aliphatic heterocycles. The number of carbonyl (C=O) groups is 3. The Labute approximate surface area is 158 Å². The lowest BCUT2D eigenvalue weighted by Crippen LogP contribution is -2.41. The molecule has 1 aliphatic rings. The van der Waals surface area contributed by atoms with Gasteiger partial charge in [-0.15, -0.1) is 0 Å². The Morgan fingerprint density at radius 2 is 2.07 bits per heavy atom. The SMILES string of the molecule is COc1ccc(C(=O)NC(CCC(C)(C)C)C(=O)O)cc1N1CCNC1=O. The van der Waals surface area contributed by atoms with E-state index >= 15 is 0 Å². The van der Waals surface area contributed by atoms with Gasteiger partial charge in [-0.3, -0.25) is 9.69 Å². The minimum Gasteiger partial charge on any atom is -0.495 e. The predicted molar refractivity (Wildman–Crippen MR) is 101 cm³/mol. The van der Waals surface area contributed by atoms with E-state index in [-0.39, 0.29) is 17.0 Å². The molecule has 1 aromatic rings. The van der Waals surface area contributed by atoms with Gasteiger partial charge in [0.1, 0.15) is 11.8 Å². The van der Waals surface area contributed by atoms with E-state index in [2.05, 4.69) is 10.6 Å². The van der Waals surface area contributed by atoms with Crippen molar-refractivity contribution < 1.29 is 24.2 Å². The lowest BCUT2D eigenvalue weighted by molar-refractivity contribution is -0.139. The van der Waals surface area contributed by atoms with E-state index in [1.165, 1.54) is 12.0 Å². The Bertz CT molecular complexity index is 727. The van der Waals surface area contributed by atoms with Gasteiger partial charge in [-0.1, -0.05) is 20.8 Å². The van der Waals surface area contributed by atoms with Gasteiger partial charge < -0.3 is 20.5 Å². The van der Waals surface area contributed by atoms with Gasteiger partial charge in [-0.25, -0.2) is 9.59 Å². The second-order valence-electron chi connectivity index (χ2n) is 7.73. The third-order valence-corrected chi connectivity index (χ3v) is 4.38. The number of carboxylic acids is 1. The minimum atomic E-state index is -1.07. The van der Waals surface area contributed by atoms with Crippen molar-refractivity contribution in [3.63, 3.8) is 0 Å². The van der Waals surface area contributed by atoms with Crippen molar-refractivity contribution in [1.29, 1.82) is 0 Å². The van der Waals surface area contributed by atoms with Crippen LogP contribution in [-0.2, 0) is 4.79 Å². The molecule has 27 heavy (non-hydrogen) atoms. The Morgan fingerprint density at radius 3 is 2.59 bits per heavy atom. The van der Waals surface area contributed by atoms with Crippen LogP contribution in [-0.4, -0.2) is 49.3 Å². The Balaban J connectivity index is 2.19. The summed E-state index contributed by atoms with van der Waals surface area (Å²) in [5.74, 6) is -1.11. The van der Waals surface area contributed by atoms with Crippen molar-refractivity contribution in [1.82, 2.24) is 10.6 Å². The zero-order valence-corrected chi connectivity index (χ0v) is 16.2. The molecular weight excluding hydrogens is 350 g/mol. The molecule has 0 bridgehead atoms. The lowest BCUT2D eigenvalue weighted by atomic mass is 9.88. The van der Waals surface area contributed by atoms with Crippen LogP contribution in [0.2, 0.25) is 0 Å². The summed E-state index contributed by atoms with van der Waals surface area (Å²) in [5, 5.41) is 14.7. The number of urea groups is 1. The number of benzene rings is 1. The maximum absolute atomic E-state index is 12.6. The van der Waals surface area contributed by atoms with Crippen molar-refractivity contribution in [3.8, 4) is 5.75 Å². The van der Waals surface area contributed by atoms with Crippen molar-refractivity contribution in [2.75, 3.05) is 25.1 Å². The molecule has 148 valence electrons. The zero-order chi connectivity index (χ0) is 20.2. The van der Waals surface area contributed by atoms with Gasteiger partial charge in [0.2, 0.25) is 0 Å². The average molecular weight is 377 g/mol. The maximum atomic E-state index is 12.6. The van der Waals surface area contributed by atoms with Gasteiger partial charge in [0.05, 0.1) is 12.8 Å². The second kappa shape index (κ2) is 8.28. The third kappa shape index (κ3) is 5.35. The molecule has 2 rings (SSSR count). The van der Waals surface area contributed by atoms with E-state index in [1.807, 2.05) is 20.8 Å². The van der Waals surface area contributed by atoms with Gasteiger partial charge in [-0.05, 0) is 36.5 Å². The molecule has 1 aromatic carbocycles. The summed E-state index contributed by atoms with van der Waals surface area (Å²) in [7, 11) is 1.49. The van der Waals surface area contributed by atoms with Crippen LogP contribution in [0.25, 0.3) is 0 Å². The van der Waals surface area contributed by atoms with Gasteiger partial charge in [-0.2, -0.15) is 0 Å². The minimum absolute atomic E-state index is 0.0329. The van der Waals surface area contributed by atoms with E-state index < -0.39 is 17.9 Å². The van der Waals surface area contributed by atoms with Crippen LogP contribution in [0.1, 0.15) is 44.0 Å². The summed E-state index contributed by atoms with van der Waals surface area (Å²) in [5.41, 5.74) is 0.712. The number of hydrogen-bond donors (Lipinski definition) is 3. The fourth-order valence-electron chi connectivity index (χ4n) is 2.82. The number of rotatable bonds is 7. The van der Waals surface area contributed by atoms with Crippen molar-refractivity contribution in [2.45, 2.75) is 39.7 Å². The van der Waals surface area contributed by atoms with Gasteiger partial charge in [0.15, 0.2) is 0 Å². The quantitative estimate of drug-likeness (QED) is 0.675. The predicted octanol–water partition coefficient (Wildman–Crippen LogP) is 2.23. The number of nitrogens with one attached hydrogen (secondary N) is 2. The van der Waals surface area contributed by atoms with Crippen LogP contribution in [0.15, 0.2) is 18.2 Å². The molecular formula is C19H27N3O5. The standard InChI is InChI=1S/C19H27N3O5/c1-19(2,3)8-7-13(17(24)25)21-16(23)12-5-6-15(27-4)14(11-12)22-10-9-20-18(22)26/h5-6,11,13H,7-10H2,1-4H3,(H,20,26)(H,21,23)(H,24,25). The van der Waals surface area contributed by atoms with E-state index in [4.69, 9.17) is 4.74 Å². The fraction of sp³-hybridized carbons (Fsp3) is 0.526. The monoisotopic (exact) mass is 377 g/mol. The Morgan fingerprint density at radius 1 is 1.37 bits per heavy atom. The van der Waals surface area contributed by atoms with E-state index in [0.29, 0.717) is 37.4 Å². The molecule has 8 heteroatoms. The molecule has 0 aromatic heterocycles. The van der Waals surface area contributed by atoms with Crippen LogP contribution in [0.4, 0.5) is 10.5 Å². The highest BCUT2D eigenvalue weighted by Crippen LogP contribution is 2.30. The van der Waals surface area contributed by atoms with Crippen LogP contribution in [0.3, 0.4) is 0 Å². The molecule has 3 amide bonds. The molecule has 0 aliphatic carbocycles. The number of methoxy groups -OCH3 is 1. The van der Waals surface area contributed by atoms with Crippen LogP contribution >= 0.6 is 0 Å². The van der Waals surface area contributed by atoms with E-state index in [0.717, 1.165) is 0 Å². The summed E-state index contributed by atoms with van der Waals surface area (Å²) in [6.45, 7) is 7.02. The van der Waals surface area contributed by atoms with E-state index in [9.17, 15) is 19.5 Å².